The van der Waals surface area contributed by atoms with Crippen molar-refractivity contribution in [1.29, 1.82) is 0 Å². The SMILES string of the molecule is Fc1cc(Br)c(Cl)cc1C(Cl)c1ccc(Cl)s1. The van der Waals surface area contributed by atoms with Gasteiger partial charge in [0.05, 0.1) is 14.7 Å². The van der Waals surface area contributed by atoms with Gasteiger partial charge in [0.1, 0.15) is 5.82 Å². The zero-order chi connectivity index (χ0) is 12.6. The molecule has 0 aliphatic heterocycles. The Kier molecular flexibility index (Phi) is 4.37. The summed E-state index contributed by atoms with van der Waals surface area (Å²) in [7, 11) is 0. The maximum absolute atomic E-state index is 13.8. The maximum Gasteiger partial charge on any atom is 0.129 e. The molecule has 90 valence electrons. The molecule has 1 heterocycles. The molecule has 0 aliphatic rings. The quantitative estimate of drug-likeness (QED) is 0.428. The predicted octanol–water partition coefficient (Wildman–Crippen LogP) is 6.28. The molecule has 0 aliphatic carbocycles. The highest BCUT2D eigenvalue weighted by atomic mass is 79.9. The summed E-state index contributed by atoms with van der Waals surface area (Å²) in [6.07, 6.45) is 0. The average molecular weight is 374 g/mol. The van der Waals surface area contributed by atoms with Crippen molar-refractivity contribution in [3.05, 3.63) is 54.4 Å². The molecule has 0 amide bonds. The van der Waals surface area contributed by atoms with Gasteiger partial charge in [0, 0.05) is 14.9 Å². The fraction of sp³-hybridized carbons (Fsp3) is 0.0909. The summed E-state index contributed by atoms with van der Waals surface area (Å²) in [5.74, 6) is -0.397. The fourth-order valence-electron chi connectivity index (χ4n) is 1.35. The van der Waals surface area contributed by atoms with Crippen molar-refractivity contribution in [3.63, 3.8) is 0 Å². The van der Waals surface area contributed by atoms with Crippen LogP contribution in [0.15, 0.2) is 28.7 Å². The van der Waals surface area contributed by atoms with Gasteiger partial charge >= 0.3 is 0 Å². The molecule has 1 atom stereocenters. The van der Waals surface area contributed by atoms with Crippen LogP contribution in [-0.2, 0) is 0 Å². The third-order valence-corrected chi connectivity index (χ3v) is 5.25. The Morgan fingerprint density at radius 3 is 2.53 bits per heavy atom. The number of halogens is 5. The van der Waals surface area contributed by atoms with Crippen LogP contribution in [0.2, 0.25) is 9.36 Å². The Morgan fingerprint density at radius 1 is 1.24 bits per heavy atom. The van der Waals surface area contributed by atoms with E-state index in [1.807, 2.05) is 0 Å². The number of alkyl halides is 1. The van der Waals surface area contributed by atoms with Crippen LogP contribution in [0.1, 0.15) is 15.8 Å². The normalized spacial score (nSPS) is 12.8. The van der Waals surface area contributed by atoms with E-state index in [0.29, 0.717) is 19.4 Å². The third-order valence-electron chi connectivity index (χ3n) is 2.16. The molecule has 2 rings (SSSR count). The number of thiophene rings is 1. The van der Waals surface area contributed by atoms with Gasteiger partial charge in [-0.1, -0.05) is 23.2 Å². The molecular formula is C11H5BrCl3FS. The Labute approximate surface area is 125 Å². The summed E-state index contributed by atoms with van der Waals surface area (Å²) in [6.45, 7) is 0. The molecule has 0 nitrogen and oxygen atoms in total. The summed E-state index contributed by atoms with van der Waals surface area (Å²) < 4.78 is 14.9. The van der Waals surface area contributed by atoms with Crippen molar-refractivity contribution < 1.29 is 4.39 Å². The number of benzene rings is 1. The highest BCUT2D eigenvalue weighted by Crippen LogP contribution is 2.38. The number of hydrogen-bond acceptors (Lipinski definition) is 1. The zero-order valence-corrected chi connectivity index (χ0v) is 12.9. The summed E-state index contributed by atoms with van der Waals surface area (Å²) >= 11 is 22.4. The molecule has 2 aromatic rings. The van der Waals surface area contributed by atoms with Crippen LogP contribution in [0.5, 0.6) is 0 Å². The van der Waals surface area contributed by atoms with Gasteiger partial charge in [-0.05, 0) is 40.2 Å². The minimum absolute atomic E-state index is 0.346. The van der Waals surface area contributed by atoms with Gasteiger partial charge in [0.25, 0.3) is 0 Å². The summed E-state index contributed by atoms with van der Waals surface area (Å²) in [6, 6.07) is 6.34. The maximum atomic E-state index is 13.8. The van der Waals surface area contributed by atoms with E-state index in [1.165, 1.54) is 23.5 Å². The summed E-state index contributed by atoms with van der Waals surface area (Å²) in [5.41, 5.74) is 0.346. The summed E-state index contributed by atoms with van der Waals surface area (Å²) in [5, 5.41) is -0.159. The fourth-order valence-corrected chi connectivity index (χ4v) is 3.27. The first kappa shape index (κ1) is 13.6. The van der Waals surface area contributed by atoms with Crippen molar-refractivity contribution >= 4 is 62.1 Å². The Hall–Kier alpha value is 0.200. The first-order chi connectivity index (χ1) is 7.99. The standard InChI is InChI=1S/C11H5BrCl3FS/c12-6-4-8(16)5(3-7(6)13)11(15)9-1-2-10(14)17-9/h1-4,11H. The third kappa shape index (κ3) is 2.96. The lowest BCUT2D eigenvalue weighted by Gasteiger charge is -2.10. The van der Waals surface area contributed by atoms with E-state index in [-0.39, 0.29) is 0 Å². The molecule has 0 saturated carbocycles. The van der Waals surface area contributed by atoms with Gasteiger partial charge in [-0.15, -0.1) is 22.9 Å². The molecule has 0 fully saturated rings. The minimum atomic E-state index is -0.585. The molecule has 0 radical (unpaired) electrons. The Balaban J connectivity index is 2.43. The molecule has 6 heteroatoms. The predicted molar refractivity (Wildman–Crippen MR) is 76.1 cm³/mol. The average Bonchev–Trinajstić information content (AvgIpc) is 2.69. The minimum Gasteiger partial charge on any atom is -0.207 e. The smallest absolute Gasteiger partial charge is 0.129 e. The van der Waals surface area contributed by atoms with Crippen LogP contribution in [-0.4, -0.2) is 0 Å². The van der Waals surface area contributed by atoms with E-state index < -0.39 is 11.2 Å². The van der Waals surface area contributed by atoms with Gasteiger partial charge in [0.2, 0.25) is 0 Å². The van der Waals surface area contributed by atoms with E-state index in [2.05, 4.69) is 15.9 Å². The van der Waals surface area contributed by atoms with Crippen LogP contribution < -0.4 is 0 Å². The van der Waals surface area contributed by atoms with Gasteiger partial charge < -0.3 is 0 Å². The van der Waals surface area contributed by atoms with Crippen molar-refractivity contribution in [3.8, 4) is 0 Å². The lowest BCUT2D eigenvalue weighted by molar-refractivity contribution is 0.612. The van der Waals surface area contributed by atoms with E-state index in [0.717, 1.165) is 4.88 Å². The highest BCUT2D eigenvalue weighted by Gasteiger charge is 2.18. The number of hydrogen-bond donors (Lipinski definition) is 0. The van der Waals surface area contributed by atoms with Crippen molar-refractivity contribution in [2.75, 3.05) is 0 Å². The molecule has 1 unspecified atom stereocenters. The van der Waals surface area contributed by atoms with Gasteiger partial charge in [-0.2, -0.15) is 0 Å². The Bertz CT molecular complexity index is 556. The van der Waals surface area contributed by atoms with Crippen LogP contribution in [0.4, 0.5) is 4.39 Å². The first-order valence-corrected chi connectivity index (χ1v) is 7.33. The molecule has 1 aromatic heterocycles. The first-order valence-electron chi connectivity index (χ1n) is 4.53. The van der Waals surface area contributed by atoms with Gasteiger partial charge in [0.15, 0.2) is 0 Å². The second kappa shape index (κ2) is 5.45. The van der Waals surface area contributed by atoms with Crippen molar-refractivity contribution in [2.45, 2.75) is 5.38 Å². The highest BCUT2D eigenvalue weighted by molar-refractivity contribution is 9.10. The largest absolute Gasteiger partial charge is 0.207 e. The lowest BCUT2D eigenvalue weighted by Crippen LogP contribution is -1.95. The van der Waals surface area contributed by atoms with Crippen molar-refractivity contribution in [1.82, 2.24) is 0 Å². The van der Waals surface area contributed by atoms with E-state index in [1.54, 1.807) is 12.1 Å². The Morgan fingerprint density at radius 2 is 1.94 bits per heavy atom. The van der Waals surface area contributed by atoms with E-state index in [4.69, 9.17) is 34.8 Å². The van der Waals surface area contributed by atoms with E-state index >= 15 is 0 Å². The van der Waals surface area contributed by atoms with Crippen LogP contribution in [0.25, 0.3) is 0 Å². The molecule has 0 saturated heterocycles. The molecule has 0 spiro atoms. The van der Waals surface area contributed by atoms with Crippen molar-refractivity contribution in [2.24, 2.45) is 0 Å². The van der Waals surface area contributed by atoms with Crippen LogP contribution in [0, 0.1) is 5.82 Å². The zero-order valence-electron chi connectivity index (χ0n) is 8.18. The molecular weight excluding hydrogens is 369 g/mol. The second-order valence-electron chi connectivity index (χ2n) is 3.29. The molecule has 1 aromatic carbocycles. The molecule has 0 N–H and O–H groups in total. The number of rotatable bonds is 2. The van der Waals surface area contributed by atoms with Gasteiger partial charge in [-0.25, -0.2) is 4.39 Å². The summed E-state index contributed by atoms with van der Waals surface area (Å²) in [4.78, 5) is 0.786. The lowest BCUT2D eigenvalue weighted by atomic mass is 10.1. The topological polar surface area (TPSA) is 0 Å². The van der Waals surface area contributed by atoms with E-state index in [9.17, 15) is 4.39 Å². The monoisotopic (exact) mass is 372 g/mol. The van der Waals surface area contributed by atoms with Crippen LogP contribution in [0.3, 0.4) is 0 Å². The van der Waals surface area contributed by atoms with Gasteiger partial charge in [-0.3, -0.25) is 0 Å². The molecule has 0 bridgehead atoms. The molecule has 17 heavy (non-hydrogen) atoms. The van der Waals surface area contributed by atoms with Crippen LogP contribution >= 0.6 is 62.1 Å². The second-order valence-corrected chi connectivity index (χ2v) is 6.74.